The second-order valence-corrected chi connectivity index (χ2v) is 3.66. The molecule has 0 aliphatic rings. The first-order valence-corrected chi connectivity index (χ1v) is 4.99. The van der Waals surface area contributed by atoms with Crippen molar-refractivity contribution in [3.8, 4) is 5.75 Å². The lowest BCUT2D eigenvalue weighted by Gasteiger charge is -2.10. The number of hydrogen-bond acceptors (Lipinski definition) is 1. The van der Waals surface area contributed by atoms with Gasteiger partial charge < -0.3 is 4.74 Å². The predicted octanol–water partition coefficient (Wildman–Crippen LogP) is 3.85. The van der Waals surface area contributed by atoms with E-state index in [4.69, 9.17) is 4.74 Å². The van der Waals surface area contributed by atoms with Gasteiger partial charge in [-0.1, -0.05) is 32.1 Å². The number of rotatable bonds is 3. The first-order valence-electron chi connectivity index (χ1n) is 4.99. The van der Waals surface area contributed by atoms with Crippen molar-refractivity contribution in [3.63, 3.8) is 0 Å². The molecule has 0 aromatic heterocycles. The van der Waals surface area contributed by atoms with E-state index in [9.17, 15) is 0 Å². The summed E-state index contributed by atoms with van der Waals surface area (Å²) < 4.78 is 5.28. The Labute approximate surface area is 86.4 Å². The van der Waals surface area contributed by atoms with Gasteiger partial charge in [-0.3, -0.25) is 0 Å². The van der Waals surface area contributed by atoms with E-state index in [0.29, 0.717) is 5.92 Å². The summed E-state index contributed by atoms with van der Waals surface area (Å²) in [5.74, 6) is 1.50. The molecule has 0 amide bonds. The Morgan fingerprint density at radius 1 is 1.29 bits per heavy atom. The first-order chi connectivity index (χ1) is 6.69. The van der Waals surface area contributed by atoms with E-state index in [0.717, 1.165) is 11.3 Å². The molecule has 1 aromatic carbocycles. The molecule has 0 spiro atoms. The molecule has 0 heterocycles. The molecule has 0 N–H and O–H groups in total. The Kier molecular flexibility index (Phi) is 3.75. The highest BCUT2D eigenvalue weighted by Crippen LogP contribution is 2.25. The van der Waals surface area contributed by atoms with Gasteiger partial charge in [0.15, 0.2) is 0 Å². The van der Waals surface area contributed by atoms with Crippen molar-refractivity contribution in [2.75, 3.05) is 7.11 Å². The topological polar surface area (TPSA) is 9.23 Å². The highest BCUT2D eigenvalue weighted by atomic mass is 16.5. The number of allylic oxidation sites excluding steroid dienone is 1. The van der Waals surface area contributed by atoms with Crippen LogP contribution in [0.5, 0.6) is 5.75 Å². The van der Waals surface area contributed by atoms with Gasteiger partial charge in [0.25, 0.3) is 0 Å². The molecule has 1 rings (SSSR count). The van der Waals surface area contributed by atoms with Gasteiger partial charge in [0.2, 0.25) is 0 Å². The monoisotopic (exact) mass is 190 g/mol. The lowest BCUT2D eigenvalue weighted by atomic mass is 10.00. The molecule has 14 heavy (non-hydrogen) atoms. The first kappa shape index (κ1) is 10.8. The number of ether oxygens (including phenoxy) is 1. The summed E-state index contributed by atoms with van der Waals surface area (Å²) in [4.78, 5) is 0. The van der Waals surface area contributed by atoms with E-state index >= 15 is 0 Å². The Morgan fingerprint density at radius 2 is 2.00 bits per heavy atom. The standard InChI is InChI=1S/C13H18O/c1-5-6-12-9-11(10(2)3)7-8-13(12)14-4/h5-10H,1-4H3/b6-5-. The zero-order chi connectivity index (χ0) is 10.6. The van der Waals surface area contributed by atoms with Crippen LogP contribution in [0.3, 0.4) is 0 Å². The zero-order valence-electron chi connectivity index (χ0n) is 9.37. The molecule has 1 nitrogen and oxygen atoms in total. The second kappa shape index (κ2) is 4.85. The number of hydrogen-bond donors (Lipinski definition) is 0. The van der Waals surface area contributed by atoms with Crippen LogP contribution in [0, 0.1) is 0 Å². The molecule has 0 fully saturated rings. The lowest BCUT2D eigenvalue weighted by Crippen LogP contribution is -1.91. The van der Waals surface area contributed by atoms with Crippen molar-refractivity contribution >= 4 is 6.08 Å². The van der Waals surface area contributed by atoms with Crippen LogP contribution < -0.4 is 4.74 Å². The van der Waals surface area contributed by atoms with E-state index in [2.05, 4.69) is 32.1 Å². The molecule has 76 valence electrons. The molecule has 0 saturated heterocycles. The van der Waals surface area contributed by atoms with Gasteiger partial charge in [-0.2, -0.15) is 0 Å². The van der Waals surface area contributed by atoms with Crippen LogP contribution in [0.1, 0.15) is 37.8 Å². The molecule has 0 aliphatic carbocycles. The van der Waals surface area contributed by atoms with Crippen LogP contribution in [0.4, 0.5) is 0 Å². The van der Waals surface area contributed by atoms with Crippen molar-refractivity contribution < 1.29 is 4.74 Å². The van der Waals surface area contributed by atoms with E-state index in [1.807, 2.05) is 19.1 Å². The molecular weight excluding hydrogens is 172 g/mol. The van der Waals surface area contributed by atoms with Crippen molar-refractivity contribution in [1.29, 1.82) is 0 Å². The normalized spacial score (nSPS) is 11.2. The Hall–Kier alpha value is -1.24. The highest BCUT2D eigenvalue weighted by molar-refractivity contribution is 5.58. The Balaban J connectivity index is 3.13. The van der Waals surface area contributed by atoms with E-state index < -0.39 is 0 Å². The fraction of sp³-hybridized carbons (Fsp3) is 0.385. The molecule has 1 heteroatoms. The zero-order valence-corrected chi connectivity index (χ0v) is 9.37. The smallest absolute Gasteiger partial charge is 0.126 e. The average molecular weight is 190 g/mol. The van der Waals surface area contributed by atoms with Gasteiger partial charge in [-0.25, -0.2) is 0 Å². The molecule has 0 atom stereocenters. The van der Waals surface area contributed by atoms with Crippen LogP contribution in [-0.2, 0) is 0 Å². The SMILES string of the molecule is C/C=C\c1cc(C(C)C)ccc1OC. The quantitative estimate of drug-likeness (QED) is 0.703. The average Bonchev–Trinajstić information content (AvgIpc) is 2.18. The maximum atomic E-state index is 5.28. The molecule has 0 bridgehead atoms. The van der Waals surface area contributed by atoms with Crippen LogP contribution in [0.15, 0.2) is 24.3 Å². The third-order valence-corrected chi connectivity index (χ3v) is 2.27. The van der Waals surface area contributed by atoms with Crippen LogP contribution in [0.25, 0.3) is 6.08 Å². The van der Waals surface area contributed by atoms with Gasteiger partial charge in [-0.15, -0.1) is 0 Å². The molecule has 0 saturated carbocycles. The maximum Gasteiger partial charge on any atom is 0.126 e. The van der Waals surface area contributed by atoms with Crippen LogP contribution in [0.2, 0.25) is 0 Å². The molecule has 0 unspecified atom stereocenters. The summed E-state index contributed by atoms with van der Waals surface area (Å²) in [5.41, 5.74) is 2.50. The van der Waals surface area contributed by atoms with Crippen molar-refractivity contribution in [2.24, 2.45) is 0 Å². The van der Waals surface area contributed by atoms with E-state index in [-0.39, 0.29) is 0 Å². The minimum atomic E-state index is 0.560. The van der Waals surface area contributed by atoms with Gasteiger partial charge >= 0.3 is 0 Å². The predicted molar refractivity (Wildman–Crippen MR) is 61.8 cm³/mol. The van der Waals surface area contributed by atoms with Gasteiger partial charge in [0.1, 0.15) is 5.75 Å². The van der Waals surface area contributed by atoms with Gasteiger partial charge in [0, 0.05) is 5.56 Å². The third-order valence-electron chi connectivity index (χ3n) is 2.27. The highest BCUT2D eigenvalue weighted by Gasteiger charge is 2.03. The molecule has 0 radical (unpaired) electrons. The molecular formula is C13H18O. The fourth-order valence-corrected chi connectivity index (χ4v) is 1.42. The lowest BCUT2D eigenvalue weighted by molar-refractivity contribution is 0.413. The summed E-state index contributed by atoms with van der Waals surface area (Å²) in [6.07, 6.45) is 4.10. The fourth-order valence-electron chi connectivity index (χ4n) is 1.42. The van der Waals surface area contributed by atoms with Crippen molar-refractivity contribution in [1.82, 2.24) is 0 Å². The van der Waals surface area contributed by atoms with Crippen molar-refractivity contribution in [3.05, 3.63) is 35.4 Å². The number of methoxy groups -OCH3 is 1. The molecule has 1 aromatic rings. The summed E-state index contributed by atoms with van der Waals surface area (Å²) in [7, 11) is 1.71. The maximum absolute atomic E-state index is 5.28. The minimum absolute atomic E-state index is 0.560. The third kappa shape index (κ3) is 2.38. The van der Waals surface area contributed by atoms with Gasteiger partial charge in [-0.05, 0) is 30.5 Å². The van der Waals surface area contributed by atoms with Crippen molar-refractivity contribution in [2.45, 2.75) is 26.7 Å². The minimum Gasteiger partial charge on any atom is -0.496 e. The van der Waals surface area contributed by atoms with Crippen LogP contribution in [-0.4, -0.2) is 7.11 Å². The summed E-state index contributed by atoms with van der Waals surface area (Å²) in [6, 6.07) is 6.34. The largest absolute Gasteiger partial charge is 0.496 e. The molecule has 0 aliphatic heterocycles. The second-order valence-electron chi connectivity index (χ2n) is 3.66. The Bertz CT molecular complexity index is 324. The van der Waals surface area contributed by atoms with E-state index in [1.165, 1.54) is 5.56 Å². The summed E-state index contributed by atoms with van der Waals surface area (Å²) in [6.45, 7) is 6.41. The number of benzene rings is 1. The van der Waals surface area contributed by atoms with E-state index in [1.54, 1.807) is 7.11 Å². The van der Waals surface area contributed by atoms with Crippen LogP contribution >= 0.6 is 0 Å². The van der Waals surface area contributed by atoms with Gasteiger partial charge in [0.05, 0.1) is 7.11 Å². The summed E-state index contributed by atoms with van der Waals surface area (Å²) >= 11 is 0. The summed E-state index contributed by atoms with van der Waals surface area (Å²) in [5, 5.41) is 0. The Morgan fingerprint density at radius 3 is 2.50 bits per heavy atom.